The van der Waals surface area contributed by atoms with Crippen molar-refractivity contribution in [3.63, 3.8) is 0 Å². The Bertz CT molecular complexity index is 1190. The molecule has 2 aromatic carbocycles. The lowest BCUT2D eigenvalue weighted by molar-refractivity contribution is -0.133. The lowest BCUT2D eigenvalue weighted by atomic mass is 9.76. The zero-order valence-corrected chi connectivity index (χ0v) is 15.0. The van der Waals surface area contributed by atoms with Gasteiger partial charge < -0.3 is 5.32 Å². The molecule has 0 saturated carbocycles. The van der Waals surface area contributed by atoms with E-state index in [9.17, 15) is 14.4 Å². The number of benzene rings is 2. The number of fused-ring (bicyclic) bond motifs is 3. The van der Waals surface area contributed by atoms with Crippen molar-refractivity contribution in [1.29, 1.82) is 0 Å². The van der Waals surface area contributed by atoms with Crippen LogP contribution in [0, 0.1) is 0 Å². The van der Waals surface area contributed by atoms with Crippen LogP contribution in [0.5, 0.6) is 0 Å². The van der Waals surface area contributed by atoms with Crippen molar-refractivity contribution in [3.05, 3.63) is 70.0 Å². The average molecular weight is 375 g/mol. The fourth-order valence-electron chi connectivity index (χ4n) is 4.19. The van der Waals surface area contributed by atoms with Gasteiger partial charge in [-0.1, -0.05) is 41.6 Å². The zero-order valence-electron chi connectivity index (χ0n) is 15.0. The number of urea groups is 1. The smallest absolute Gasteiger partial charge is 0.319 e. The van der Waals surface area contributed by atoms with Gasteiger partial charge in [0, 0.05) is 0 Å². The van der Waals surface area contributed by atoms with Gasteiger partial charge in [-0.25, -0.2) is 9.69 Å². The second-order valence-electron chi connectivity index (χ2n) is 7.13. The summed E-state index contributed by atoms with van der Waals surface area (Å²) in [7, 11) is 0. The van der Waals surface area contributed by atoms with Crippen LogP contribution in [0.4, 0.5) is 4.79 Å². The highest BCUT2D eigenvalue weighted by Crippen LogP contribution is 2.39. The molecule has 140 valence electrons. The van der Waals surface area contributed by atoms with E-state index in [-0.39, 0.29) is 12.6 Å². The Labute approximate surface area is 159 Å². The van der Waals surface area contributed by atoms with E-state index in [1.54, 1.807) is 24.3 Å². The summed E-state index contributed by atoms with van der Waals surface area (Å²) in [6.07, 6.45) is 2.20. The highest BCUT2D eigenvalue weighted by atomic mass is 16.2. The van der Waals surface area contributed by atoms with Crippen LogP contribution in [0.1, 0.15) is 24.0 Å². The summed E-state index contributed by atoms with van der Waals surface area (Å²) >= 11 is 0. The molecule has 3 aromatic rings. The Balaban J connectivity index is 1.54. The molecule has 0 bridgehead atoms. The molecule has 2 heterocycles. The van der Waals surface area contributed by atoms with Gasteiger partial charge in [0.2, 0.25) is 0 Å². The maximum Gasteiger partial charge on any atom is 0.326 e. The van der Waals surface area contributed by atoms with Gasteiger partial charge in [0.25, 0.3) is 11.5 Å². The van der Waals surface area contributed by atoms with Gasteiger partial charge in [-0.15, -0.1) is 5.10 Å². The quantitative estimate of drug-likeness (QED) is 0.685. The Morgan fingerprint density at radius 2 is 1.82 bits per heavy atom. The van der Waals surface area contributed by atoms with Crippen molar-refractivity contribution in [2.45, 2.75) is 31.5 Å². The molecule has 8 heteroatoms. The molecular weight excluding hydrogens is 358 g/mol. The molecular formula is C20H17N5O3. The largest absolute Gasteiger partial charge is 0.326 e. The highest BCUT2D eigenvalue weighted by Gasteiger charge is 2.54. The first-order chi connectivity index (χ1) is 13.6. The second-order valence-corrected chi connectivity index (χ2v) is 7.13. The summed E-state index contributed by atoms with van der Waals surface area (Å²) < 4.78 is 1.05. The van der Waals surface area contributed by atoms with Crippen molar-refractivity contribution in [1.82, 2.24) is 25.2 Å². The normalized spacial score (nSPS) is 21.2. The van der Waals surface area contributed by atoms with Crippen LogP contribution in [-0.4, -0.2) is 31.8 Å². The Morgan fingerprint density at radius 3 is 2.71 bits per heavy atom. The van der Waals surface area contributed by atoms with Gasteiger partial charge in [0.05, 0.1) is 5.39 Å². The third kappa shape index (κ3) is 2.27. The van der Waals surface area contributed by atoms with Crippen molar-refractivity contribution in [2.75, 3.05) is 0 Å². The van der Waals surface area contributed by atoms with Gasteiger partial charge in [-0.2, -0.15) is 4.68 Å². The number of aryl methyl sites for hydroxylation is 1. The van der Waals surface area contributed by atoms with Crippen LogP contribution in [0.2, 0.25) is 0 Å². The summed E-state index contributed by atoms with van der Waals surface area (Å²) in [4.78, 5) is 39.7. The zero-order chi connectivity index (χ0) is 19.3. The maximum atomic E-state index is 13.3. The van der Waals surface area contributed by atoms with E-state index in [0.29, 0.717) is 17.3 Å². The number of imide groups is 1. The van der Waals surface area contributed by atoms with Gasteiger partial charge in [-0.05, 0) is 42.5 Å². The summed E-state index contributed by atoms with van der Waals surface area (Å²) in [5.41, 5.74) is 0.903. The van der Waals surface area contributed by atoms with Crippen LogP contribution in [-0.2, 0) is 23.4 Å². The fraction of sp³-hybridized carbons (Fsp3) is 0.250. The summed E-state index contributed by atoms with van der Waals surface area (Å²) in [6.45, 7) is -0.273. The number of amides is 3. The van der Waals surface area contributed by atoms with E-state index in [1.807, 2.05) is 24.3 Å². The standard InChI is InChI=1S/C20H17N5O3/c26-17-14-8-2-4-10-16(14)22-23-25(17)12-24-18(27)20(21-19(24)28)11-5-7-13-6-1-3-9-15(13)20/h1-4,6,8-10H,5,7,11-12H2,(H,21,28)/t20-/m0/s1. The third-order valence-electron chi connectivity index (χ3n) is 5.56. The summed E-state index contributed by atoms with van der Waals surface area (Å²) in [5.74, 6) is -0.355. The van der Waals surface area contributed by atoms with Crippen LogP contribution in [0.15, 0.2) is 53.3 Å². The van der Waals surface area contributed by atoms with E-state index in [0.717, 1.165) is 33.6 Å². The van der Waals surface area contributed by atoms with Crippen molar-refractivity contribution in [3.8, 4) is 0 Å². The van der Waals surface area contributed by atoms with Crippen molar-refractivity contribution in [2.24, 2.45) is 0 Å². The van der Waals surface area contributed by atoms with E-state index < -0.39 is 17.1 Å². The summed E-state index contributed by atoms with van der Waals surface area (Å²) in [6, 6.07) is 14.0. The number of carbonyl (C=O) groups excluding carboxylic acids is 2. The molecule has 5 rings (SSSR count). The number of hydrogen-bond acceptors (Lipinski definition) is 5. The summed E-state index contributed by atoms with van der Waals surface area (Å²) in [5, 5.41) is 11.2. The molecule has 28 heavy (non-hydrogen) atoms. The Kier molecular flexibility index (Phi) is 3.55. The monoisotopic (exact) mass is 375 g/mol. The molecule has 8 nitrogen and oxygen atoms in total. The molecule has 1 N–H and O–H groups in total. The lowest BCUT2D eigenvalue weighted by Gasteiger charge is -2.33. The molecule has 1 aliphatic carbocycles. The lowest BCUT2D eigenvalue weighted by Crippen LogP contribution is -2.46. The second kappa shape index (κ2) is 5.98. The number of carbonyl (C=O) groups is 2. The molecule has 1 fully saturated rings. The number of nitrogens with zero attached hydrogens (tertiary/aromatic N) is 4. The highest BCUT2D eigenvalue weighted by molar-refractivity contribution is 6.07. The molecule has 1 aliphatic heterocycles. The van der Waals surface area contributed by atoms with E-state index >= 15 is 0 Å². The molecule has 3 amide bonds. The van der Waals surface area contributed by atoms with Gasteiger partial charge in [-0.3, -0.25) is 9.59 Å². The van der Waals surface area contributed by atoms with Gasteiger partial charge >= 0.3 is 6.03 Å². The Hall–Kier alpha value is -3.55. The molecule has 0 radical (unpaired) electrons. The van der Waals surface area contributed by atoms with Crippen LogP contribution >= 0.6 is 0 Å². The average Bonchev–Trinajstić information content (AvgIpc) is 2.95. The molecule has 0 unspecified atom stereocenters. The topological polar surface area (TPSA) is 97.2 Å². The SMILES string of the molecule is O=C1N[C@]2(CCCc3ccccc32)C(=O)N1Cn1nnc2ccccc2c1=O. The molecule has 1 aromatic heterocycles. The van der Waals surface area contributed by atoms with Crippen LogP contribution in [0.25, 0.3) is 10.9 Å². The molecule has 1 saturated heterocycles. The number of nitrogens with one attached hydrogen (secondary N) is 1. The van der Waals surface area contributed by atoms with E-state index in [2.05, 4.69) is 15.6 Å². The number of aromatic nitrogens is 3. The van der Waals surface area contributed by atoms with Gasteiger partial charge in [0.15, 0.2) is 0 Å². The Morgan fingerprint density at radius 1 is 1.04 bits per heavy atom. The molecule has 1 spiro atoms. The van der Waals surface area contributed by atoms with Gasteiger partial charge in [0.1, 0.15) is 17.7 Å². The first-order valence-corrected chi connectivity index (χ1v) is 9.15. The van der Waals surface area contributed by atoms with Crippen LogP contribution in [0.3, 0.4) is 0 Å². The maximum absolute atomic E-state index is 13.3. The third-order valence-corrected chi connectivity index (χ3v) is 5.56. The predicted molar refractivity (Wildman–Crippen MR) is 100 cm³/mol. The van der Waals surface area contributed by atoms with E-state index in [1.165, 1.54) is 0 Å². The minimum Gasteiger partial charge on any atom is -0.319 e. The molecule has 1 atom stereocenters. The molecule has 2 aliphatic rings. The first-order valence-electron chi connectivity index (χ1n) is 9.15. The first kappa shape index (κ1) is 16.6. The number of hydrogen-bond donors (Lipinski definition) is 1. The van der Waals surface area contributed by atoms with Crippen molar-refractivity contribution < 1.29 is 9.59 Å². The fourth-order valence-corrected chi connectivity index (χ4v) is 4.19. The van der Waals surface area contributed by atoms with Crippen molar-refractivity contribution >= 4 is 22.8 Å². The minimum atomic E-state index is -1.07. The van der Waals surface area contributed by atoms with E-state index in [4.69, 9.17) is 0 Å². The predicted octanol–water partition coefficient (Wildman–Crippen LogP) is 1.53. The number of rotatable bonds is 2. The minimum absolute atomic E-state index is 0.273. The van der Waals surface area contributed by atoms with Crippen LogP contribution < -0.4 is 10.9 Å².